The summed E-state index contributed by atoms with van der Waals surface area (Å²) in [6.45, 7) is 2.45. The van der Waals surface area contributed by atoms with Crippen LogP contribution in [0, 0.1) is 0 Å². The molecule has 0 fully saturated rings. The maximum Gasteiger partial charge on any atom is 0.232 e. The van der Waals surface area contributed by atoms with Crippen LogP contribution in [0.1, 0.15) is 19.0 Å². The fourth-order valence-electron chi connectivity index (χ4n) is 1.17. The largest absolute Gasteiger partial charge is 0.379 e. The van der Waals surface area contributed by atoms with Gasteiger partial charge in [-0.3, -0.25) is 0 Å². The molecule has 1 aromatic heterocycles. The van der Waals surface area contributed by atoms with Crippen LogP contribution in [0.4, 0.5) is 5.82 Å². The molecular weight excluding hydrogens is 188 g/mol. The molecule has 0 aliphatic carbocycles. The van der Waals surface area contributed by atoms with E-state index < -0.39 is 0 Å². The predicted molar refractivity (Wildman–Crippen MR) is 46.4 cm³/mol. The van der Waals surface area contributed by atoms with Crippen LogP contribution in [0.15, 0.2) is 9.78 Å². The van der Waals surface area contributed by atoms with Crippen LogP contribution >= 0.6 is 0 Å². The summed E-state index contributed by atoms with van der Waals surface area (Å²) in [6.07, 6.45) is 0.151. The van der Waals surface area contributed by atoms with Crippen LogP contribution in [0.25, 0.3) is 0 Å². The highest BCUT2D eigenvalue weighted by Gasteiger charge is 2.26. The number of oxime groups is 1. The highest BCUT2D eigenvalue weighted by atomic mass is 16.8. The lowest BCUT2D eigenvalue weighted by atomic mass is 10.2. The van der Waals surface area contributed by atoms with Gasteiger partial charge < -0.3 is 15.3 Å². The Kier molecular flexibility index (Phi) is 2.32. The number of rotatable bonds is 3. The SMILES string of the molecule is CCO[C@@H]1CC(c2nonc2N)=NO1. The summed E-state index contributed by atoms with van der Waals surface area (Å²) in [5.74, 6) is 0.212. The molecule has 0 bridgehead atoms. The lowest BCUT2D eigenvalue weighted by molar-refractivity contribution is -0.120. The summed E-state index contributed by atoms with van der Waals surface area (Å²) >= 11 is 0. The summed E-state index contributed by atoms with van der Waals surface area (Å²) in [6, 6.07) is 0. The first kappa shape index (κ1) is 8.95. The average Bonchev–Trinajstić information content (AvgIpc) is 2.74. The Morgan fingerprint density at radius 3 is 3.07 bits per heavy atom. The summed E-state index contributed by atoms with van der Waals surface area (Å²) in [5.41, 5.74) is 6.52. The van der Waals surface area contributed by atoms with Crippen LogP contribution in [0.3, 0.4) is 0 Å². The molecule has 0 radical (unpaired) electrons. The van der Waals surface area contributed by atoms with Crippen molar-refractivity contribution in [3.05, 3.63) is 5.69 Å². The predicted octanol–water partition coefficient (Wildman–Crippen LogP) is 0.139. The summed E-state index contributed by atoms with van der Waals surface area (Å²) in [4.78, 5) is 4.99. The number of nitrogen functional groups attached to an aromatic ring is 1. The van der Waals surface area contributed by atoms with E-state index in [2.05, 4.69) is 20.1 Å². The molecular formula is C7H10N4O3. The van der Waals surface area contributed by atoms with Gasteiger partial charge in [-0.15, -0.1) is 0 Å². The number of anilines is 1. The standard InChI is InChI=1S/C7H10N4O3/c1-2-12-5-3-4(9-13-5)6-7(8)11-14-10-6/h5H,2-3H2,1H3,(H2,8,11)/t5-/m0/s1. The number of ether oxygens (including phenoxy) is 1. The van der Waals surface area contributed by atoms with Crippen molar-refractivity contribution < 1.29 is 14.2 Å². The lowest BCUT2D eigenvalue weighted by Gasteiger charge is -2.05. The van der Waals surface area contributed by atoms with Gasteiger partial charge >= 0.3 is 0 Å². The molecule has 1 aromatic rings. The molecule has 2 N–H and O–H groups in total. The van der Waals surface area contributed by atoms with E-state index in [9.17, 15) is 0 Å². The Balaban J connectivity index is 2.05. The Bertz CT molecular complexity index is 348. The van der Waals surface area contributed by atoms with Crippen molar-refractivity contribution in [2.24, 2.45) is 5.16 Å². The van der Waals surface area contributed by atoms with E-state index in [1.54, 1.807) is 0 Å². The van der Waals surface area contributed by atoms with Crippen molar-refractivity contribution in [2.75, 3.05) is 12.3 Å². The molecule has 1 atom stereocenters. The Hall–Kier alpha value is -1.63. The van der Waals surface area contributed by atoms with Gasteiger partial charge in [0.1, 0.15) is 5.71 Å². The smallest absolute Gasteiger partial charge is 0.232 e. The minimum Gasteiger partial charge on any atom is -0.379 e. The number of hydrogen-bond acceptors (Lipinski definition) is 7. The van der Waals surface area contributed by atoms with Crippen molar-refractivity contribution >= 4 is 11.5 Å². The maximum atomic E-state index is 5.50. The number of nitrogens with two attached hydrogens (primary N) is 1. The molecule has 7 nitrogen and oxygen atoms in total. The molecule has 1 aliphatic heterocycles. The Labute approximate surface area is 79.8 Å². The lowest BCUT2D eigenvalue weighted by Crippen LogP contribution is -2.13. The van der Waals surface area contributed by atoms with Gasteiger partial charge in [0.05, 0.1) is 6.42 Å². The molecule has 14 heavy (non-hydrogen) atoms. The molecule has 2 rings (SSSR count). The van der Waals surface area contributed by atoms with E-state index in [4.69, 9.17) is 15.3 Å². The third kappa shape index (κ3) is 1.53. The topological polar surface area (TPSA) is 95.8 Å². The van der Waals surface area contributed by atoms with Crippen LogP contribution in [-0.4, -0.2) is 28.9 Å². The number of aromatic nitrogens is 2. The second-order valence-electron chi connectivity index (χ2n) is 2.73. The molecule has 0 amide bonds. The summed E-state index contributed by atoms with van der Waals surface area (Å²) in [5, 5.41) is 10.8. The molecule has 1 aliphatic rings. The van der Waals surface area contributed by atoms with Crippen LogP contribution in [0.2, 0.25) is 0 Å². The van der Waals surface area contributed by atoms with Crippen LogP contribution < -0.4 is 5.73 Å². The Morgan fingerprint density at radius 1 is 1.57 bits per heavy atom. The average molecular weight is 198 g/mol. The van der Waals surface area contributed by atoms with E-state index >= 15 is 0 Å². The molecule has 0 saturated carbocycles. The first-order chi connectivity index (χ1) is 6.81. The quantitative estimate of drug-likeness (QED) is 0.742. The zero-order chi connectivity index (χ0) is 9.97. The molecule has 0 saturated heterocycles. The number of nitrogens with zero attached hydrogens (tertiary/aromatic N) is 3. The van der Waals surface area contributed by atoms with Crippen LogP contribution in [-0.2, 0) is 9.57 Å². The molecule has 0 unspecified atom stereocenters. The van der Waals surface area contributed by atoms with E-state index in [-0.39, 0.29) is 12.1 Å². The second kappa shape index (κ2) is 3.62. The third-order valence-corrected chi connectivity index (χ3v) is 1.78. The van der Waals surface area contributed by atoms with Crippen molar-refractivity contribution in [3.8, 4) is 0 Å². The minimum absolute atomic E-state index is 0.212. The zero-order valence-corrected chi connectivity index (χ0v) is 7.64. The van der Waals surface area contributed by atoms with Crippen molar-refractivity contribution in [3.63, 3.8) is 0 Å². The van der Waals surface area contributed by atoms with Gasteiger partial charge in [0, 0.05) is 6.61 Å². The third-order valence-electron chi connectivity index (χ3n) is 1.78. The van der Waals surface area contributed by atoms with Gasteiger partial charge in [0.25, 0.3) is 0 Å². The normalized spacial score (nSPS) is 20.6. The summed E-state index contributed by atoms with van der Waals surface area (Å²) in [7, 11) is 0. The van der Waals surface area contributed by atoms with Crippen LogP contribution in [0.5, 0.6) is 0 Å². The molecule has 7 heteroatoms. The van der Waals surface area contributed by atoms with E-state index in [0.29, 0.717) is 24.4 Å². The van der Waals surface area contributed by atoms with E-state index in [1.807, 2.05) is 6.92 Å². The zero-order valence-electron chi connectivity index (χ0n) is 7.64. The maximum absolute atomic E-state index is 5.50. The van der Waals surface area contributed by atoms with E-state index in [0.717, 1.165) is 0 Å². The van der Waals surface area contributed by atoms with E-state index in [1.165, 1.54) is 0 Å². The van der Waals surface area contributed by atoms with Gasteiger partial charge in [0.15, 0.2) is 11.5 Å². The fourth-order valence-corrected chi connectivity index (χ4v) is 1.17. The van der Waals surface area contributed by atoms with Gasteiger partial charge in [-0.2, -0.15) is 0 Å². The van der Waals surface area contributed by atoms with Gasteiger partial charge in [-0.25, -0.2) is 4.63 Å². The highest BCUT2D eigenvalue weighted by Crippen LogP contribution is 2.18. The molecule has 2 heterocycles. The van der Waals surface area contributed by atoms with Gasteiger partial charge in [0.2, 0.25) is 6.29 Å². The minimum atomic E-state index is -0.355. The van der Waals surface area contributed by atoms with Crippen molar-refractivity contribution in [1.29, 1.82) is 0 Å². The monoisotopic (exact) mass is 198 g/mol. The first-order valence-corrected chi connectivity index (χ1v) is 4.24. The van der Waals surface area contributed by atoms with Crippen molar-refractivity contribution in [1.82, 2.24) is 10.3 Å². The second-order valence-corrected chi connectivity index (χ2v) is 2.73. The number of hydrogen-bond donors (Lipinski definition) is 1. The Morgan fingerprint density at radius 2 is 2.43 bits per heavy atom. The van der Waals surface area contributed by atoms with Gasteiger partial charge in [-0.05, 0) is 17.2 Å². The van der Waals surface area contributed by atoms with Gasteiger partial charge in [-0.1, -0.05) is 5.16 Å². The molecule has 0 spiro atoms. The first-order valence-electron chi connectivity index (χ1n) is 4.24. The van der Waals surface area contributed by atoms with Crippen molar-refractivity contribution in [2.45, 2.75) is 19.6 Å². The molecule has 76 valence electrons. The highest BCUT2D eigenvalue weighted by molar-refractivity contribution is 6.02. The summed E-state index contributed by atoms with van der Waals surface area (Å²) < 4.78 is 9.67. The molecule has 0 aromatic carbocycles. The fraction of sp³-hybridized carbons (Fsp3) is 0.571.